The highest BCUT2D eigenvalue weighted by atomic mass is 127. The molecule has 0 bridgehead atoms. The van der Waals surface area contributed by atoms with E-state index in [4.69, 9.17) is 14.5 Å². The van der Waals surface area contributed by atoms with Gasteiger partial charge >= 0.3 is 5.97 Å². The van der Waals surface area contributed by atoms with Gasteiger partial charge in [0.2, 0.25) is 0 Å². The summed E-state index contributed by atoms with van der Waals surface area (Å²) in [6.07, 6.45) is 1.77. The van der Waals surface area contributed by atoms with Gasteiger partial charge in [-0.2, -0.15) is 0 Å². The van der Waals surface area contributed by atoms with Crippen LogP contribution in [0.4, 0.5) is 10.1 Å². The molecule has 0 aliphatic carbocycles. The molecule has 2 heterocycles. The molecule has 6 rings (SSSR count). The second kappa shape index (κ2) is 14.5. The summed E-state index contributed by atoms with van der Waals surface area (Å²) in [7, 11) is 0. The van der Waals surface area contributed by atoms with E-state index in [-0.39, 0.29) is 30.0 Å². The number of hydrogen-bond donors (Lipinski definition) is 0. The predicted molar refractivity (Wildman–Crippen MR) is 197 cm³/mol. The van der Waals surface area contributed by atoms with Gasteiger partial charge in [-0.1, -0.05) is 53.8 Å². The molecule has 1 aliphatic heterocycles. The van der Waals surface area contributed by atoms with Crippen molar-refractivity contribution in [2.24, 2.45) is 4.99 Å². The van der Waals surface area contributed by atoms with E-state index >= 15 is 0 Å². The Bertz CT molecular complexity index is 2230. The average molecular weight is 887 g/mol. The molecule has 5 aromatic rings. The molecule has 13 heteroatoms. The SMILES string of the molecule is CCOC(=O)C1=C(c2ccccc2)N=c2s/c(=C\c3cc(I)c(OCc4ccc([N+](=O)[O-])cc4)c(I)c3)c(=O)n2[C@@H]1c1ccc(F)cc1. The molecule has 4 aromatic carbocycles. The molecule has 0 spiro atoms. The molecule has 1 aliphatic rings. The Morgan fingerprint density at radius 1 is 1.04 bits per heavy atom. The number of rotatable bonds is 9. The number of nitrogens with zero attached hydrogens (tertiary/aromatic N) is 3. The number of thiazole rings is 1. The molecule has 0 fully saturated rings. The first-order chi connectivity index (χ1) is 23.1. The summed E-state index contributed by atoms with van der Waals surface area (Å²) in [6, 6.07) is 24.0. The molecule has 0 radical (unpaired) electrons. The average Bonchev–Trinajstić information content (AvgIpc) is 3.38. The molecule has 0 saturated carbocycles. The zero-order valence-corrected chi connectivity index (χ0v) is 30.2. The predicted octanol–water partition coefficient (Wildman–Crippen LogP) is 6.77. The standard InChI is InChI=1S/C35H24FI2N3O6S/c1-2-46-34(43)29-30(22-6-4-3-5-7-22)39-35-40(31(29)23-10-12-24(36)13-11-23)33(42)28(48-35)18-21-16-26(37)32(27(38)17-21)47-19-20-8-14-25(15-9-20)41(44)45/h3-18,31H,2,19H2,1H3/b28-18-/t31-/m1/s1. The molecule has 242 valence electrons. The smallest absolute Gasteiger partial charge is 0.338 e. The number of nitro benzene ring substituents is 1. The Kier molecular flexibility index (Phi) is 10.2. The van der Waals surface area contributed by atoms with Gasteiger partial charge in [-0.3, -0.25) is 19.5 Å². The molecule has 1 aromatic heterocycles. The number of non-ortho nitro benzene ring substituents is 1. The van der Waals surface area contributed by atoms with Crippen molar-refractivity contribution in [1.29, 1.82) is 0 Å². The van der Waals surface area contributed by atoms with Crippen LogP contribution in [-0.2, 0) is 16.1 Å². The minimum Gasteiger partial charge on any atom is -0.487 e. The maximum absolute atomic E-state index is 14.2. The van der Waals surface area contributed by atoms with E-state index < -0.39 is 22.8 Å². The van der Waals surface area contributed by atoms with Crippen LogP contribution >= 0.6 is 56.5 Å². The molecular formula is C35H24FI2N3O6S. The Morgan fingerprint density at radius 2 is 1.71 bits per heavy atom. The normalized spacial score (nSPS) is 14.3. The monoisotopic (exact) mass is 887 g/mol. The number of nitro groups is 1. The van der Waals surface area contributed by atoms with E-state index in [1.54, 1.807) is 37.3 Å². The van der Waals surface area contributed by atoms with Crippen molar-refractivity contribution in [2.75, 3.05) is 6.61 Å². The Labute approximate surface area is 304 Å². The first-order valence-corrected chi connectivity index (χ1v) is 17.5. The summed E-state index contributed by atoms with van der Waals surface area (Å²) >= 11 is 5.54. The van der Waals surface area contributed by atoms with Gasteiger partial charge in [0.25, 0.3) is 11.2 Å². The molecule has 0 saturated heterocycles. The summed E-state index contributed by atoms with van der Waals surface area (Å²) in [5.74, 6) is -0.409. The van der Waals surface area contributed by atoms with Gasteiger partial charge in [0, 0.05) is 17.7 Å². The largest absolute Gasteiger partial charge is 0.487 e. The van der Waals surface area contributed by atoms with Gasteiger partial charge in [-0.05, 0) is 111 Å². The lowest BCUT2D eigenvalue weighted by Gasteiger charge is -2.25. The van der Waals surface area contributed by atoms with E-state index in [0.29, 0.717) is 31.9 Å². The van der Waals surface area contributed by atoms with Gasteiger partial charge < -0.3 is 9.47 Å². The third-order valence-electron chi connectivity index (χ3n) is 7.41. The fourth-order valence-electron chi connectivity index (χ4n) is 5.22. The van der Waals surface area contributed by atoms with Crippen LogP contribution in [0, 0.1) is 23.1 Å². The summed E-state index contributed by atoms with van der Waals surface area (Å²) in [4.78, 5) is 43.5. The third kappa shape index (κ3) is 6.98. The van der Waals surface area contributed by atoms with Crippen molar-refractivity contribution in [1.82, 2.24) is 4.57 Å². The summed E-state index contributed by atoms with van der Waals surface area (Å²) in [6.45, 7) is 2.05. The van der Waals surface area contributed by atoms with Crippen LogP contribution < -0.4 is 19.6 Å². The molecule has 0 amide bonds. The van der Waals surface area contributed by atoms with E-state index in [0.717, 1.165) is 18.3 Å². The number of aromatic nitrogens is 1. The number of carbonyl (C=O) groups excluding carboxylic acids is 1. The van der Waals surface area contributed by atoms with Crippen molar-refractivity contribution in [3.63, 3.8) is 0 Å². The van der Waals surface area contributed by atoms with Crippen molar-refractivity contribution in [2.45, 2.75) is 19.6 Å². The van der Waals surface area contributed by atoms with E-state index in [2.05, 4.69) is 45.2 Å². The fourth-order valence-corrected chi connectivity index (χ4v) is 8.35. The molecule has 0 unspecified atom stereocenters. The first-order valence-electron chi connectivity index (χ1n) is 14.5. The highest BCUT2D eigenvalue weighted by Gasteiger charge is 2.35. The zero-order valence-electron chi connectivity index (χ0n) is 25.1. The number of esters is 1. The summed E-state index contributed by atoms with van der Waals surface area (Å²) < 4.78 is 29.1. The van der Waals surface area contributed by atoms with Gasteiger partial charge in [-0.25, -0.2) is 14.2 Å². The molecular weight excluding hydrogens is 863 g/mol. The molecule has 0 N–H and O–H groups in total. The highest BCUT2D eigenvalue weighted by molar-refractivity contribution is 14.1. The second-order valence-electron chi connectivity index (χ2n) is 10.5. The minimum absolute atomic E-state index is 0.00920. The third-order valence-corrected chi connectivity index (χ3v) is 9.99. The maximum atomic E-state index is 14.2. The van der Waals surface area contributed by atoms with Crippen LogP contribution in [0.1, 0.15) is 35.2 Å². The maximum Gasteiger partial charge on any atom is 0.338 e. The van der Waals surface area contributed by atoms with Crippen molar-refractivity contribution < 1.29 is 23.6 Å². The quantitative estimate of drug-likeness (QED) is 0.0700. The van der Waals surface area contributed by atoms with Crippen molar-refractivity contribution in [3.05, 3.63) is 162 Å². The Morgan fingerprint density at radius 3 is 2.33 bits per heavy atom. The van der Waals surface area contributed by atoms with E-state index in [1.807, 2.05) is 42.5 Å². The van der Waals surface area contributed by atoms with Gasteiger partial charge in [0.1, 0.15) is 18.2 Å². The topological polar surface area (TPSA) is 113 Å². The van der Waals surface area contributed by atoms with Crippen LogP contribution in [0.2, 0.25) is 0 Å². The summed E-state index contributed by atoms with van der Waals surface area (Å²) in [5, 5.41) is 11.0. The minimum atomic E-state index is -0.909. The van der Waals surface area contributed by atoms with Crippen molar-refractivity contribution >= 4 is 79.9 Å². The van der Waals surface area contributed by atoms with Crippen LogP contribution in [0.3, 0.4) is 0 Å². The number of ether oxygens (including phenoxy) is 2. The number of halogens is 3. The Hall–Kier alpha value is -4.22. The van der Waals surface area contributed by atoms with Crippen LogP contribution in [0.5, 0.6) is 5.75 Å². The molecule has 9 nitrogen and oxygen atoms in total. The lowest BCUT2D eigenvalue weighted by Crippen LogP contribution is -2.40. The van der Waals surface area contributed by atoms with Crippen molar-refractivity contribution in [3.8, 4) is 5.75 Å². The number of benzene rings is 4. The number of hydrogen-bond acceptors (Lipinski definition) is 8. The summed E-state index contributed by atoms with van der Waals surface area (Å²) in [5.41, 5.74) is 2.98. The van der Waals surface area contributed by atoms with Gasteiger partial charge in [0.15, 0.2) is 4.80 Å². The van der Waals surface area contributed by atoms with Crippen LogP contribution in [0.25, 0.3) is 11.8 Å². The van der Waals surface area contributed by atoms with Crippen LogP contribution in [-0.4, -0.2) is 22.1 Å². The number of carbonyl (C=O) groups is 1. The van der Waals surface area contributed by atoms with Crippen LogP contribution in [0.15, 0.2) is 106 Å². The second-order valence-corrected chi connectivity index (χ2v) is 13.8. The lowest BCUT2D eigenvalue weighted by molar-refractivity contribution is -0.384. The number of fused-ring (bicyclic) bond motifs is 1. The first kappa shape index (κ1) is 33.7. The fraction of sp³-hybridized carbons (Fsp3) is 0.114. The highest BCUT2D eigenvalue weighted by Crippen LogP contribution is 2.35. The zero-order chi connectivity index (χ0) is 33.9. The van der Waals surface area contributed by atoms with Gasteiger partial charge in [0.05, 0.1) is 40.5 Å². The van der Waals surface area contributed by atoms with Gasteiger partial charge in [-0.15, -0.1) is 0 Å². The lowest BCUT2D eigenvalue weighted by atomic mass is 9.93. The Balaban J connectivity index is 1.43. The molecule has 48 heavy (non-hydrogen) atoms. The molecule has 1 atom stereocenters. The van der Waals surface area contributed by atoms with E-state index in [9.17, 15) is 24.1 Å². The van der Waals surface area contributed by atoms with E-state index in [1.165, 1.54) is 40.2 Å².